The van der Waals surface area contributed by atoms with E-state index in [1.165, 1.54) is 23.1 Å². The van der Waals surface area contributed by atoms with Crippen LogP contribution in [0.1, 0.15) is 53.0 Å². The highest BCUT2D eigenvalue weighted by Gasteiger charge is 2.38. The van der Waals surface area contributed by atoms with E-state index in [-0.39, 0.29) is 11.4 Å². The predicted molar refractivity (Wildman–Crippen MR) is 132 cm³/mol. The standard InChI is InChI=1S/C26H29F3N6O3/c1-17-21(16-32-35(17)23-5-2-18(14-31-23)26(27,28)29)24(36)33-19-3-4-22(30-15-19)25(37)8-6-20(7-9-25)34-10-12-38-13-11-34/h2-5,14-16,20,37H,6-13H2,1H3,(H,33,36)/t20-,25+. The largest absolute Gasteiger partial charge is 0.417 e. The number of aliphatic hydroxyl groups is 1. The summed E-state index contributed by atoms with van der Waals surface area (Å²) in [5.41, 5.74) is -0.175. The quantitative estimate of drug-likeness (QED) is 0.518. The van der Waals surface area contributed by atoms with Gasteiger partial charge in [-0.3, -0.25) is 14.7 Å². The fourth-order valence-electron chi connectivity index (χ4n) is 5.13. The molecule has 0 atom stereocenters. The number of carbonyl (C=O) groups is 1. The number of anilines is 1. The summed E-state index contributed by atoms with van der Waals surface area (Å²) in [7, 11) is 0. The molecule has 3 aromatic rings. The van der Waals surface area contributed by atoms with E-state index in [0.29, 0.717) is 36.0 Å². The minimum absolute atomic E-state index is 0.164. The Morgan fingerprint density at radius 2 is 1.82 bits per heavy atom. The fourth-order valence-corrected chi connectivity index (χ4v) is 5.13. The molecule has 1 aliphatic carbocycles. The molecule has 2 N–H and O–H groups in total. The van der Waals surface area contributed by atoms with Crippen LogP contribution in [0.3, 0.4) is 0 Å². The number of ether oxygens (including phenoxy) is 1. The Labute approximate surface area is 217 Å². The minimum Gasteiger partial charge on any atom is -0.384 e. The van der Waals surface area contributed by atoms with Gasteiger partial charge in [-0.1, -0.05) is 0 Å². The van der Waals surface area contributed by atoms with Crippen LogP contribution < -0.4 is 5.32 Å². The topological polar surface area (TPSA) is 105 Å². The Kier molecular flexibility index (Phi) is 7.21. The van der Waals surface area contributed by atoms with Crippen LogP contribution in [0.25, 0.3) is 5.82 Å². The van der Waals surface area contributed by atoms with E-state index in [1.54, 1.807) is 19.1 Å². The number of halogens is 3. The maximum atomic E-state index is 12.9. The molecule has 1 saturated carbocycles. The van der Waals surface area contributed by atoms with Crippen LogP contribution in [0.2, 0.25) is 0 Å². The number of rotatable bonds is 5. The molecule has 0 aromatic carbocycles. The molecule has 0 radical (unpaired) electrons. The smallest absolute Gasteiger partial charge is 0.384 e. The number of aromatic nitrogens is 4. The Bertz CT molecular complexity index is 1260. The molecule has 9 nitrogen and oxygen atoms in total. The van der Waals surface area contributed by atoms with Gasteiger partial charge < -0.3 is 15.2 Å². The zero-order valence-corrected chi connectivity index (χ0v) is 20.9. The van der Waals surface area contributed by atoms with Gasteiger partial charge in [0.15, 0.2) is 5.82 Å². The number of hydrogen-bond acceptors (Lipinski definition) is 7. The SMILES string of the molecule is Cc1c(C(=O)Nc2ccc([C@]3(O)CC[C@@H](N4CCOCC4)CC3)nc2)cnn1-c1ccc(C(F)(F)F)cn1. The van der Waals surface area contributed by atoms with Gasteiger partial charge in [-0.05, 0) is 56.9 Å². The summed E-state index contributed by atoms with van der Waals surface area (Å²) < 4.78 is 45.2. The summed E-state index contributed by atoms with van der Waals surface area (Å²) in [6, 6.07) is 5.99. The van der Waals surface area contributed by atoms with Crippen LogP contribution in [0, 0.1) is 6.92 Å². The van der Waals surface area contributed by atoms with Crippen LogP contribution in [-0.4, -0.2) is 68.0 Å². The van der Waals surface area contributed by atoms with Gasteiger partial charge >= 0.3 is 6.18 Å². The molecule has 1 saturated heterocycles. The summed E-state index contributed by atoms with van der Waals surface area (Å²) in [6.45, 7) is 4.98. The molecular formula is C26H29F3N6O3. The number of pyridine rings is 2. The summed E-state index contributed by atoms with van der Waals surface area (Å²) in [5.74, 6) is -0.280. The van der Waals surface area contributed by atoms with Crippen LogP contribution in [0.5, 0.6) is 0 Å². The van der Waals surface area contributed by atoms with E-state index in [4.69, 9.17) is 4.74 Å². The first-order valence-corrected chi connectivity index (χ1v) is 12.5. The highest BCUT2D eigenvalue weighted by Crippen LogP contribution is 2.38. The van der Waals surface area contributed by atoms with E-state index in [1.807, 2.05) is 0 Å². The van der Waals surface area contributed by atoms with Crippen molar-refractivity contribution in [1.82, 2.24) is 24.6 Å². The lowest BCUT2D eigenvalue weighted by Gasteiger charge is -2.41. The Morgan fingerprint density at radius 3 is 2.42 bits per heavy atom. The van der Waals surface area contributed by atoms with Crippen LogP contribution in [0.15, 0.2) is 42.9 Å². The number of amides is 1. The number of nitrogens with zero attached hydrogens (tertiary/aromatic N) is 5. The lowest BCUT2D eigenvalue weighted by Crippen LogP contribution is -2.47. The van der Waals surface area contributed by atoms with Gasteiger partial charge in [-0.2, -0.15) is 18.3 Å². The van der Waals surface area contributed by atoms with Crippen LogP contribution >= 0.6 is 0 Å². The second-order valence-electron chi connectivity index (χ2n) is 9.76. The van der Waals surface area contributed by atoms with Crippen molar-refractivity contribution in [3.8, 4) is 5.82 Å². The highest BCUT2D eigenvalue weighted by atomic mass is 19.4. The Balaban J connectivity index is 1.22. The second-order valence-corrected chi connectivity index (χ2v) is 9.76. The first-order chi connectivity index (χ1) is 18.1. The lowest BCUT2D eigenvalue weighted by molar-refractivity contribution is -0.137. The third-order valence-corrected chi connectivity index (χ3v) is 7.39. The number of alkyl halides is 3. The molecule has 0 bridgehead atoms. The molecule has 0 unspecified atom stereocenters. The van der Waals surface area contributed by atoms with Gasteiger partial charge in [0.2, 0.25) is 0 Å². The van der Waals surface area contributed by atoms with Crippen molar-refractivity contribution >= 4 is 11.6 Å². The second kappa shape index (κ2) is 10.4. The van der Waals surface area contributed by atoms with E-state index in [2.05, 4.69) is 25.3 Å². The van der Waals surface area contributed by atoms with E-state index >= 15 is 0 Å². The number of carbonyl (C=O) groups excluding carboxylic acids is 1. The van der Waals surface area contributed by atoms with Gasteiger partial charge in [-0.25, -0.2) is 9.67 Å². The van der Waals surface area contributed by atoms with Crippen molar-refractivity contribution in [1.29, 1.82) is 0 Å². The third kappa shape index (κ3) is 5.42. The van der Waals surface area contributed by atoms with Gasteiger partial charge in [0, 0.05) is 25.3 Å². The summed E-state index contributed by atoms with van der Waals surface area (Å²) in [4.78, 5) is 23.6. The lowest BCUT2D eigenvalue weighted by atomic mass is 9.79. The molecule has 2 fully saturated rings. The van der Waals surface area contributed by atoms with E-state index in [9.17, 15) is 23.1 Å². The summed E-state index contributed by atoms with van der Waals surface area (Å²) in [6.07, 6.45) is 2.08. The molecule has 12 heteroatoms. The first kappa shape index (κ1) is 26.3. The van der Waals surface area contributed by atoms with Crippen LogP contribution in [-0.2, 0) is 16.5 Å². The fraction of sp³-hybridized carbons (Fsp3) is 0.462. The molecule has 202 valence electrons. The number of morpholine rings is 1. The average molecular weight is 531 g/mol. The third-order valence-electron chi connectivity index (χ3n) is 7.39. The summed E-state index contributed by atoms with van der Waals surface area (Å²) >= 11 is 0. The van der Waals surface area contributed by atoms with Gasteiger partial charge in [-0.15, -0.1) is 0 Å². The van der Waals surface area contributed by atoms with Crippen molar-refractivity contribution in [3.05, 3.63) is 65.4 Å². The molecule has 0 spiro atoms. The monoisotopic (exact) mass is 530 g/mol. The molecule has 2 aliphatic rings. The van der Waals surface area contributed by atoms with Gasteiger partial charge in [0.05, 0.1) is 53.8 Å². The zero-order valence-electron chi connectivity index (χ0n) is 20.9. The average Bonchev–Trinajstić information content (AvgIpc) is 3.31. The molecule has 3 aromatic heterocycles. The van der Waals surface area contributed by atoms with Crippen molar-refractivity contribution in [3.63, 3.8) is 0 Å². The predicted octanol–water partition coefficient (Wildman–Crippen LogP) is 3.70. The highest BCUT2D eigenvalue weighted by molar-refractivity contribution is 6.04. The molecule has 38 heavy (non-hydrogen) atoms. The van der Waals surface area contributed by atoms with Gasteiger partial charge in [0.1, 0.15) is 5.60 Å². The Morgan fingerprint density at radius 1 is 1.08 bits per heavy atom. The molecule has 1 amide bonds. The van der Waals surface area contributed by atoms with Crippen molar-refractivity contribution < 1.29 is 27.8 Å². The van der Waals surface area contributed by atoms with Crippen molar-refractivity contribution in [2.75, 3.05) is 31.6 Å². The van der Waals surface area contributed by atoms with Crippen molar-refractivity contribution in [2.24, 2.45) is 0 Å². The Hall–Kier alpha value is -3.35. The maximum absolute atomic E-state index is 12.9. The normalized spacial score (nSPS) is 22.8. The van der Waals surface area contributed by atoms with Crippen molar-refractivity contribution in [2.45, 2.75) is 50.4 Å². The minimum atomic E-state index is -4.49. The van der Waals surface area contributed by atoms with E-state index in [0.717, 1.165) is 51.4 Å². The maximum Gasteiger partial charge on any atom is 0.417 e. The molecule has 1 aliphatic heterocycles. The zero-order chi connectivity index (χ0) is 26.9. The molecule has 4 heterocycles. The number of hydrogen-bond donors (Lipinski definition) is 2. The van der Waals surface area contributed by atoms with Crippen LogP contribution in [0.4, 0.5) is 18.9 Å². The molecule has 5 rings (SSSR count). The molecular weight excluding hydrogens is 501 g/mol. The summed E-state index contributed by atoms with van der Waals surface area (Å²) in [5, 5.41) is 18.1. The number of nitrogens with one attached hydrogen (secondary N) is 1. The van der Waals surface area contributed by atoms with Gasteiger partial charge in [0.25, 0.3) is 5.91 Å². The first-order valence-electron chi connectivity index (χ1n) is 12.5. The van der Waals surface area contributed by atoms with E-state index < -0.39 is 23.2 Å².